The Balaban J connectivity index is 1.76. The number of hydrogen-bond donors (Lipinski definition) is 1. The van der Waals surface area contributed by atoms with Crippen LogP contribution in [0.3, 0.4) is 0 Å². The first-order valence-electron chi connectivity index (χ1n) is 7.25. The van der Waals surface area contributed by atoms with Gasteiger partial charge in [0.2, 0.25) is 0 Å². The first kappa shape index (κ1) is 14.8. The second-order valence-corrected chi connectivity index (χ2v) is 6.42. The summed E-state index contributed by atoms with van der Waals surface area (Å²) in [6.45, 7) is 5.34. The highest BCUT2D eigenvalue weighted by Crippen LogP contribution is 2.29. The monoisotopic (exact) mass is 354 g/mol. The van der Waals surface area contributed by atoms with Crippen molar-refractivity contribution >= 4 is 27.6 Å². The van der Waals surface area contributed by atoms with E-state index in [0.29, 0.717) is 11.6 Å². The van der Waals surface area contributed by atoms with Gasteiger partial charge in [-0.25, -0.2) is 4.79 Å². The summed E-state index contributed by atoms with van der Waals surface area (Å²) in [5.74, 6) is -0.868. The van der Waals surface area contributed by atoms with Crippen molar-refractivity contribution in [2.45, 2.75) is 12.5 Å². The Labute approximate surface area is 132 Å². The molecule has 2 aliphatic heterocycles. The Kier molecular flexibility index (Phi) is 4.47. The maximum absolute atomic E-state index is 11.4. The number of hydrogen-bond acceptors (Lipinski definition) is 4. The van der Waals surface area contributed by atoms with E-state index < -0.39 is 5.97 Å². The van der Waals surface area contributed by atoms with Crippen molar-refractivity contribution in [2.24, 2.45) is 0 Å². The molecule has 114 valence electrons. The highest BCUT2D eigenvalue weighted by Gasteiger charge is 2.30. The molecule has 0 spiro atoms. The fourth-order valence-corrected chi connectivity index (χ4v) is 3.50. The summed E-state index contributed by atoms with van der Waals surface area (Å²) in [5.41, 5.74) is 1.19. The van der Waals surface area contributed by atoms with Gasteiger partial charge in [0.25, 0.3) is 0 Å². The van der Waals surface area contributed by atoms with Crippen LogP contribution in [0.4, 0.5) is 5.69 Å². The lowest BCUT2D eigenvalue weighted by atomic mass is 10.1. The molecule has 2 aliphatic rings. The van der Waals surface area contributed by atoms with Crippen LogP contribution in [0.15, 0.2) is 22.7 Å². The molecule has 1 aromatic rings. The van der Waals surface area contributed by atoms with E-state index in [1.165, 1.54) is 0 Å². The van der Waals surface area contributed by atoms with E-state index in [4.69, 9.17) is 4.74 Å². The second kappa shape index (κ2) is 6.34. The lowest BCUT2D eigenvalue weighted by molar-refractivity contribution is 0.0209. The fourth-order valence-electron chi connectivity index (χ4n) is 3.15. The molecule has 1 unspecified atom stereocenters. The Morgan fingerprint density at radius 2 is 2.05 bits per heavy atom. The number of ether oxygens (including phenoxy) is 1. The molecule has 1 aromatic carbocycles. The molecule has 6 heteroatoms. The lowest BCUT2D eigenvalue weighted by Crippen LogP contribution is -2.44. The molecule has 1 N–H and O–H groups in total. The molecule has 0 saturated carbocycles. The highest BCUT2D eigenvalue weighted by atomic mass is 79.9. The van der Waals surface area contributed by atoms with Crippen molar-refractivity contribution in [2.75, 3.05) is 44.3 Å². The van der Waals surface area contributed by atoms with Crippen LogP contribution in [0.5, 0.6) is 0 Å². The van der Waals surface area contributed by atoms with E-state index >= 15 is 0 Å². The zero-order valence-corrected chi connectivity index (χ0v) is 13.4. The summed E-state index contributed by atoms with van der Waals surface area (Å²) in [6, 6.07) is 5.85. The molecule has 2 fully saturated rings. The summed E-state index contributed by atoms with van der Waals surface area (Å²) >= 11 is 3.44. The molecular weight excluding hydrogens is 336 g/mol. The second-order valence-electron chi connectivity index (χ2n) is 5.50. The molecule has 0 radical (unpaired) electrons. The standard InChI is InChI=1S/C15H19BrN2O3/c16-11-1-2-13(15(19)20)14(9-11)18-4-3-12(10-18)17-5-7-21-8-6-17/h1-2,9,12H,3-8,10H2,(H,19,20). The van der Waals surface area contributed by atoms with Crippen LogP contribution in [-0.2, 0) is 4.74 Å². The van der Waals surface area contributed by atoms with Crippen molar-refractivity contribution in [1.82, 2.24) is 4.90 Å². The number of carboxylic acid groups (broad SMARTS) is 1. The zero-order valence-electron chi connectivity index (χ0n) is 11.8. The molecule has 2 saturated heterocycles. The van der Waals surface area contributed by atoms with Gasteiger partial charge in [0, 0.05) is 36.7 Å². The van der Waals surface area contributed by atoms with Crippen LogP contribution >= 0.6 is 15.9 Å². The maximum atomic E-state index is 11.4. The van der Waals surface area contributed by atoms with Crippen LogP contribution in [0.2, 0.25) is 0 Å². The van der Waals surface area contributed by atoms with Crippen LogP contribution in [0.1, 0.15) is 16.8 Å². The van der Waals surface area contributed by atoms with Gasteiger partial charge in [0.1, 0.15) is 0 Å². The number of benzene rings is 1. The van der Waals surface area contributed by atoms with Gasteiger partial charge in [0.05, 0.1) is 24.5 Å². The van der Waals surface area contributed by atoms with Crippen LogP contribution in [0.25, 0.3) is 0 Å². The smallest absolute Gasteiger partial charge is 0.337 e. The molecule has 21 heavy (non-hydrogen) atoms. The van der Waals surface area contributed by atoms with Crippen molar-refractivity contribution in [3.05, 3.63) is 28.2 Å². The predicted molar refractivity (Wildman–Crippen MR) is 84.1 cm³/mol. The summed E-state index contributed by atoms with van der Waals surface area (Å²) in [4.78, 5) is 16.1. The van der Waals surface area contributed by atoms with Crippen LogP contribution in [-0.4, -0.2) is 61.4 Å². The van der Waals surface area contributed by atoms with Gasteiger partial charge in [-0.15, -0.1) is 0 Å². The van der Waals surface area contributed by atoms with Crippen molar-refractivity contribution < 1.29 is 14.6 Å². The average Bonchev–Trinajstić information content (AvgIpc) is 2.97. The Morgan fingerprint density at radius 3 is 2.76 bits per heavy atom. The summed E-state index contributed by atoms with van der Waals surface area (Å²) < 4.78 is 6.31. The Bertz CT molecular complexity index is 532. The van der Waals surface area contributed by atoms with E-state index in [-0.39, 0.29) is 0 Å². The number of carboxylic acids is 1. The molecule has 3 rings (SSSR count). The van der Waals surface area contributed by atoms with E-state index in [9.17, 15) is 9.90 Å². The van der Waals surface area contributed by atoms with Gasteiger partial charge in [-0.2, -0.15) is 0 Å². The average molecular weight is 355 g/mol. The topological polar surface area (TPSA) is 53.0 Å². The number of rotatable bonds is 3. The normalized spacial score (nSPS) is 23.5. The van der Waals surface area contributed by atoms with Crippen molar-refractivity contribution in [3.8, 4) is 0 Å². The Morgan fingerprint density at radius 1 is 1.29 bits per heavy atom. The summed E-state index contributed by atoms with van der Waals surface area (Å²) in [7, 11) is 0. The van der Waals surface area contributed by atoms with E-state index in [2.05, 4.69) is 25.7 Å². The van der Waals surface area contributed by atoms with Gasteiger partial charge in [-0.05, 0) is 24.6 Å². The third kappa shape index (κ3) is 3.22. The number of nitrogens with zero attached hydrogens (tertiary/aromatic N) is 2. The molecule has 2 heterocycles. The summed E-state index contributed by atoms with van der Waals surface area (Å²) in [5, 5.41) is 9.36. The Hall–Kier alpha value is -1.11. The fraction of sp³-hybridized carbons (Fsp3) is 0.533. The van der Waals surface area contributed by atoms with Crippen molar-refractivity contribution in [1.29, 1.82) is 0 Å². The number of anilines is 1. The zero-order chi connectivity index (χ0) is 14.8. The van der Waals surface area contributed by atoms with Gasteiger partial charge >= 0.3 is 5.97 Å². The van der Waals surface area contributed by atoms with Gasteiger partial charge in [-0.1, -0.05) is 15.9 Å². The number of carbonyl (C=O) groups is 1. The third-order valence-electron chi connectivity index (χ3n) is 4.26. The molecule has 1 atom stereocenters. The number of halogens is 1. The molecule has 5 nitrogen and oxygen atoms in total. The minimum Gasteiger partial charge on any atom is -0.478 e. The largest absolute Gasteiger partial charge is 0.478 e. The summed E-state index contributed by atoms with van der Waals surface area (Å²) in [6.07, 6.45) is 1.07. The lowest BCUT2D eigenvalue weighted by Gasteiger charge is -2.32. The van der Waals surface area contributed by atoms with Crippen LogP contribution < -0.4 is 4.90 Å². The highest BCUT2D eigenvalue weighted by molar-refractivity contribution is 9.10. The molecule has 0 bridgehead atoms. The first-order valence-corrected chi connectivity index (χ1v) is 8.04. The van der Waals surface area contributed by atoms with E-state index in [1.54, 1.807) is 12.1 Å². The van der Waals surface area contributed by atoms with E-state index in [1.807, 2.05) is 6.07 Å². The first-order chi connectivity index (χ1) is 10.1. The van der Waals surface area contributed by atoms with Gasteiger partial charge < -0.3 is 14.7 Å². The minimum atomic E-state index is -0.868. The minimum absolute atomic E-state index is 0.376. The number of aromatic carboxylic acids is 1. The van der Waals surface area contributed by atoms with Gasteiger partial charge in [0.15, 0.2) is 0 Å². The van der Waals surface area contributed by atoms with Crippen LogP contribution in [0, 0.1) is 0 Å². The molecular formula is C15H19BrN2O3. The quantitative estimate of drug-likeness (QED) is 0.900. The SMILES string of the molecule is O=C(O)c1ccc(Br)cc1N1CCC(N2CCOCC2)C1. The maximum Gasteiger partial charge on any atom is 0.337 e. The van der Waals surface area contributed by atoms with E-state index in [0.717, 1.165) is 56.0 Å². The molecule has 0 amide bonds. The van der Waals surface area contributed by atoms with Crippen molar-refractivity contribution in [3.63, 3.8) is 0 Å². The third-order valence-corrected chi connectivity index (χ3v) is 4.75. The van der Waals surface area contributed by atoms with Gasteiger partial charge in [-0.3, -0.25) is 4.90 Å². The predicted octanol–water partition coefficient (Wildman–Crippen LogP) is 2.06. The molecule has 0 aliphatic carbocycles. The number of morpholine rings is 1. The molecule has 0 aromatic heterocycles.